The van der Waals surface area contributed by atoms with Gasteiger partial charge in [0.1, 0.15) is 5.78 Å². The van der Waals surface area contributed by atoms with Crippen molar-refractivity contribution in [3.05, 3.63) is 17.7 Å². The van der Waals surface area contributed by atoms with Crippen LogP contribution in [0.4, 0.5) is 0 Å². The number of hydrogen-bond donors (Lipinski definition) is 0. The fraction of sp³-hybridized carbons (Fsp3) is 0.792. The molecule has 0 bridgehead atoms. The molecular formula is C24H39N2O7P. The van der Waals surface area contributed by atoms with Crippen LogP contribution in [0.25, 0.3) is 0 Å². The van der Waals surface area contributed by atoms with Crippen LogP contribution in [0.3, 0.4) is 0 Å². The lowest BCUT2D eigenvalue weighted by Gasteiger charge is -2.34. The normalized spacial score (nSPS) is 21.9. The minimum Gasteiger partial charge on any atom is -0.481 e. The summed E-state index contributed by atoms with van der Waals surface area (Å²) < 4.78 is 50.2. The van der Waals surface area contributed by atoms with E-state index in [0.29, 0.717) is 56.8 Å². The molecule has 4 rings (SSSR count). The Bertz CT molecular complexity index is 859. The summed E-state index contributed by atoms with van der Waals surface area (Å²) in [5.74, 6) is -0.594. The zero-order chi connectivity index (χ0) is 24.2. The monoisotopic (exact) mass is 498 g/mol. The molecule has 3 heterocycles. The van der Waals surface area contributed by atoms with Crippen molar-refractivity contribution in [3.8, 4) is 11.8 Å². The van der Waals surface area contributed by atoms with Gasteiger partial charge in [0.25, 0.3) is 0 Å². The maximum Gasteiger partial charge on any atom is 0.352 e. The van der Waals surface area contributed by atoms with Crippen LogP contribution in [0.5, 0.6) is 11.8 Å². The molecule has 1 aromatic heterocycles. The first kappa shape index (κ1) is 25.9. The highest BCUT2D eigenvalue weighted by molar-refractivity contribution is 7.54. The van der Waals surface area contributed by atoms with Gasteiger partial charge in [0.05, 0.1) is 47.2 Å². The number of ether oxygens (including phenoxy) is 4. The Balaban J connectivity index is 1.75. The second kappa shape index (κ2) is 10.8. The first-order valence-corrected chi connectivity index (χ1v) is 14.1. The van der Waals surface area contributed by atoms with Crippen molar-refractivity contribution in [2.45, 2.75) is 63.9 Å². The summed E-state index contributed by atoms with van der Waals surface area (Å²) in [4.78, 5) is 6.64. The van der Waals surface area contributed by atoms with E-state index in [1.807, 2.05) is 6.07 Å². The number of rotatable bonds is 13. The van der Waals surface area contributed by atoms with Crippen LogP contribution in [0.1, 0.15) is 63.7 Å². The van der Waals surface area contributed by atoms with Gasteiger partial charge in [0, 0.05) is 23.6 Å². The van der Waals surface area contributed by atoms with Crippen LogP contribution < -0.4 is 9.47 Å². The Morgan fingerprint density at radius 1 is 1.03 bits per heavy atom. The minimum atomic E-state index is -3.66. The van der Waals surface area contributed by atoms with E-state index < -0.39 is 19.2 Å². The fourth-order valence-electron chi connectivity index (χ4n) is 5.04. The lowest BCUT2D eigenvalue weighted by molar-refractivity contribution is -0.182. The van der Waals surface area contributed by atoms with Crippen molar-refractivity contribution in [1.82, 2.24) is 9.88 Å². The van der Waals surface area contributed by atoms with Crippen molar-refractivity contribution < 1.29 is 32.6 Å². The van der Waals surface area contributed by atoms with E-state index in [9.17, 15) is 4.57 Å². The summed E-state index contributed by atoms with van der Waals surface area (Å²) in [6.45, 7) is 7.21. The lowest BCUT2D eigenvalue weighted by Crippen LogP contribution is -2.41. The highest BCUT2D eigenvalue weighted by atomic mass is 31.2. The summed E-state index contributed by atoms with van der Waals surface area (Å²) in [5.41, 5.74) is 0.567. The minimum absolute atomic E-state index is 0.0907. The Labute approximate surface area is 202 Å². The molecule has 2 spiro atoms. The molecule has 0 N–H and O–H groups in total. The fourth-order valence-corrected chi connectivity index (χ4v) is 7.27. The van der Waals surface area contributed by atoms with Crippen molar-refractivity contribution in [1.29, 1.82) is 0 Å². The van der Waals surface area contributed by atoms with Gasteiger partial charge in [-0.25, -0.2) is 0 Å². The second-order valence-corrected chi connectivity index (χ2v) is 11.5. The topological polar surface area (TPSA) is 88.6 Å². The molecule has 0 aromatic carbocycles. The Hall–Kier alpha value is -1.22. The summed E-state index contributed by atoms with van der Waals surface area (Å²) in [6.07, 6.45) is 5.50. The van der Waals surface area contributed by atoms with Gasteiger partial charge in [-0.2, -0.15) is 4.98 Å². The first-order valence-electron chi connectivity index (χ1n) is 12.5. The molecule has 0 amide bonds. The quantitative estimate of drug-likeness (QED) is 0.282. The van der Waals surface area contributed by atoms with Gasteiger partial charge in [-0.15, -0.1) is 0 Å². The van der Waals surface area contributed by atoms with Crippen LogP contribution >= 0.6 is 7.60 Å². The van der Waals surface area contributed by atoms with Gasteiger partial charge < -0.3 is 28.0 Å². The molecule has 2 aliphatic heterocycles. The summed E-state index contributed by atoms with van der Waals surface area (Å²) in [6, 6.07) is 3.61. The van der Waals surface area contributed by atoms with Crippen LogP contribution in [0.15, 0.2) is 12.1 Å². The Kier molecular flexibility index (Phi) is 8.22. The average molecular weight is 499 g/mol. The first-order chi connectivity index (χ1) is 16.5. The molecule has 1 saturated carbocycles. The van der Waals surface area contributed by atoms with E-state index in [1.165, 1.54) is 0 Å². The highest BCUT2D eigenvalue weighted by Gasteiger charge is 2.70. The molecule has 10 heteroatoms. The number of fused-ring (bicyclic) bond motifs is 1. The largest absolute Gasteiger partial charge is 0.481 e. The summed E-state index contributed by atoms with van der Waals surface area (Å²) in [7, 11) is -0.543. The van der Waals surface area contributed by atoms with Crippen molar-refractivity contribution in [2.24, 2.45) is 5.41 Å². The molecule has 3 fully saturated rings. The zero-order valence-corrected chi connectivity index (χ0v) is 21.8. The molecule has 1 aliphatic carbocycles. The lowest BCUT2D eigenvalue weighted by atomic mass is 10.00. The molecule has 1 atom stereocenters. The highest BCUT2D eigenvalue weighted by Crippen LogP contribution is 2.69. The van der Waals surface area contributed by atoms with E-state index in [1.54, 1.807) is 20.3 Å². The second-order valence-electron chi connectivity index (χ2n) is 9.37. The van der Waals surface area contributed by atoms with E-state index in [2.05, 4.69) is 23.7 Å². The molecule has 0 radical (unpaired) electrons. The molecule has 2 saturated heterocycles. The third-order valence-corrected chi connectivity index (χ3v) is 9.35. The number of aromatic nitrogens is 1. The number of nitrogens with zero attached hydrogens (tertiary/aromatic N) is 2. The van der Waals surface area contributed by atoms with E-state index >= 15 is 0 Å². The predicted molar refractivity (Wildman–Crippen MR) is 127 cm³/mol. The van der Waals surface area contributed by atoms with Crippen LogP contribution in [-0.2, 0) is 23.1 Å². The molecular weight excluding hydrogens is 459 g/mol. The molecule has 1 aromatic rings. The van der Waals surface area contributed by atoms with Crippen LogP contribution in [0.2, 0.25) is 0 Å². The summed E-state index contributed by atoms with van der Waals surface area (Å²) in [5, 5.41) is 0. The van der Waals surface area contributed by atoms with Gasteiger partial charge in [0.2, 0.25) is 11.8 Å². The third-order valence-electron chi connectivity index (χ3n) is 7.06. The van der Waals surface area contributed by atoms with Gasteiger partial charge >= 0.3 is 7.60 Å². The van der Waals surface area contributed by atoms with Crippen molar-refractivity contribution in [2.75, 3.05) is 53.7 Å². The maximum atomic E-state index is 14.6. The van der Waals surface area contributed by atoms with E-state index in [0.717, 1.165) is 38.5 Å². The Morgan fingerprint density at radius 2 is 1.68 bits per heavy atom. The number of likely N-dealkylation sites (tertiary alicyclic amines) is 1. The van der Waals surface area contributed by atoms with Gasteiger partial charge in [0.15, 0.2) is 5.79 Å². The zero-order valence-electron chi connectivity index (χ0n) is 20.9. The van der Waals surface area contributed by atoms with Gasteiger partial charge in [-0.3, -0.25) is 9.46 Å². The number of pyridine rings is 1. The average Bonchev–Trinajstić information content (AvgIpc) is 3.35. The SMILES string of the molecule is CCCCOP(=O)(OCCCC)C(c1ccc(OC)nc1OC)N1CC2(CC2)C2(C1)OCCO2. The number of unbranched alkanes of at least 4 members (excludes halogenated alkanes) is 2. The van der Waals surface area contributed by atoms with Crippen LogP contribution in [-0.4, -0.2) is 69.4 Å². The summed E-state index contributed by atoms with van der Waals surface area (Å²) >= 11 is 0. The van der Waals surface area contributed by atoms with E-state index in [-0.39, 0.29) is 5.41 Å². The molecule has 192 valence electrons. The smallest absolute Gasteiger partial charge is 0.352 e. The van der Waals surface area contributed by atoms with Gasteiger partial charge in [-0.05, 0) is 31.7 Å². The third kappa shape index (κ3) is 4.88. The number of hydrogen-bond acceptors (Lipinski definition) is 9. The Morgan fingerprint density at radius 3 is 2.21 bits per heavy atom. The van der Waals surface area contributed by atoms with Crippen molar-refractivity contribution >= 4 is 7.60 Å². The molecule has 34 heavy (non-hydrogen) atoms. The molecule has 9 nitrogen and oxygen atoms in total. The predicted octanol–water partition coefficient (Wildman–Crippen LogP) is 4.76. The van der Waals surface area contributed by atoms with E-state index in [4.69, 9.17) is 28.0 Å². The van der Waals surface area contributed by atoms with Crippen molar-refractivity contribution in [3.63, 3.8) is 0 Å². The maximum absolute atomic E-state index is 14.6. The van der Waals surface area contributed by atoms with Crippen LogP contribution in [0, 0.1) is 5.41 Å². The number of methoxy groups -OCH3 is 2. The standard InChI is InChI=1S/C24H39N2O7P/c1-5-7-13-32-34(27,33-14-8-6-2)22(19-9-10-20(28-3)25-21(19)29-4)26-17-23(11-12-23)24(18-26)30-15-16-31-24/h9-10,22H,5-8,11-18H2,1-4H3. The van der Waals surface area contributed by atoms with Gasteiger partial charge in [-0.1, -0.05) is 26.7 Å². The molecule has 1 unspecified atom stereocenters. The molecule has 3 aliphatic rings.